The van der Waals surface area contributed by atoms with E-state index in [0.29, 0.717) is 16.5 Å². The molecule has 0 aromatic heterocycles. The average Bonchev–Trinajstić information content (AvgIpc) is 2.83. The van der Waals surface area contributed by atoms with Crippen molar-refractivity contribution in [3.8, 4) is 22.8 Å². The number of H-pyrrole nitrogens is 1. The van der Waals surface area contributed by atoms with Crippen molar-refractivity contribution in [2.45, 2.75) is 6.92 Å². The van der Waals surface area contributed by atoms with Gasteiger partial charge in [-0.05, 0) is 48.0 Å². The van der Waals surface area contributed by atoms with Crippen LogP contribution in [0.4, 0.5) is 0 Å². The second-order valence-electron chi connectivity index (χ2n) is 4.91. The second-order valence-corrected chi connectivity index (χ2v) is 5.28. The third-order valence-electron chi connectivity index (χ3n) is 3.50. The van der Waals surface area contributed by atoms with Gasteiger partial charge in [-0.3, -0.25) is 0 Å². The lowest BCUT2D eigenvalue weighted by Gasteiger charge is -2.07. The molecule has 4 rings (SSSR count). The van der Waals surface area contributed by atoms with Crippen LogP contribution in [0.1, 0.15) is 5.56 Å². The SMILES string of the molecule is Cc1ccccc1-c1ccc2[nH]c3nc(=S)nc-3oc2c1. The number of nitrogens with one attached hydrogen (secondary N) is 1. The summed E-state index contributed by atoms with van der Waals surface area (Å²) in [5, 5.41) is 0. The summed E-state index contributed by atoms with van der Waals surface area (Å²) in [6, 6.07) is 14.3. The minimum absolute atomic E-state index is 0.291. The van der Waals surface area contributed by atoms with Crippen LogP contribution in [-0.2, 0) is 0 Å². The van der Waals surface area contributed by atoms with Crippen molar-refractivity contribution in [2.75, 3.05) is 0 Å². The number of aryl methyl sites for hydroxylation is 1. The zero-order valence-corrected chi connectivity index (χ0v) is 12.1. The summed E-state index contributed by atoms with van der Waals surface area (Å²) in [5.41, 5.74) is 5.12. The average molecular weight is 293 g/mol. The number of rotatable bonds is 1. The molecule has 0 amide bonds. The molecule has 0 atom stereocenters. The zero-order chi connectivity index (χ0) is 14.4. The Hall–Kier alpha value is -2.53. The van der Waals surface area contributed by atoms with E-state index in [0.717, 1.165) is 16.7 Å². The predicted molar refractivity (Wildman–Crippen MR) is 83.8 cm³/mol. The summed E-state index contributed by atoms with van der Waals surface area (Å²) >= 11 is 4.97. The van der Waals surface area contributed by atoms with Crippen LogP contribution >= 0.6 is 12.2 Å². The fraction of sp³-hybridized carbons (Fsp3) is 0.0625. The Morgan fingerprint density at radius 2 is 1.95 bits per heavy atom. The zero-order valence-electron chi connectivity index (χ0n) is 11.3. The summed E-state index contributed by atoms with van der Waals surface area (Å²) in [5.74, 6) is 1.02. The summed E-state index contributed by atoms with van der Waals surface area (Å²) in [6.07, 6.45) is 0. The van der Waals surface area contributed by atoms with E-state index in [2.05, 4.69) is 40.1 Å². The quantitative estimate of drug-likeness (QED) is 0.530. The van der Waals surface area contributed by atoms with E-state index >= 15 is 0 Å². The first-order chi connectivity index (χ1) is 10.2. The molecule has 2 aliphatic heterocycles. The molecule has 0 aliphatic carbocycles. The fourth-order valence-corrected chi connectivity index (χ4v) is 2.64. The van der Waals surface area contributed by atoms with Crippen molar-refractivity contribution in [1.82, 2.24) is 15.0 Å². The summed E-state index contributed by atoms with van der Waals surface area (Å²) in [7, 11) is 0. The van der Waals surface area contributed by atoms with Crippen molar-refractivity contribution < 1.29 is 4.42 Å². The van der Waals surface area contributed by atoms with E-state index in [1.165, 1.54) is 11.1 Å². The van der Waals surface area contributed by atoms with Gasteiger partial charge in [0.15, 0.2) is 11.4 Å². The Morgan fingerprint density at radius 1 is 1.10 bits per heavy atom. The Balaban J connectivity index is 1.98. The van der Waals surface area contributed by atoms with Gasteiger partial charge in [-0.1, -0.05) is 30.3 Å². The molecule has 0 bridgehead atoms. The molecule has 0 radical (unpaired) electrons. The van der Waals surface area contributed by atoms with E-state index in [1.54, 1.807) is 0 Å². The van der Waals surface area contributed by atoms with Gasteiger partial charge in [-0.25, -0.2) is 0 Å². The Kier molecular flexibility index (Phi) is 2.62. The van der Waals surface area contributed by atoms with Crippen molar-refractivity contribution in [2.24, 2.45) is 0 Å². The third kappa shape index (κ3) is 2.02. The smallest absolute Gasteiger partial charge is 0.266 e. The van der Waals surface area contributed by atoms with Gasteiger partial charge in [0.2, 0.25) is 4.77 Å². The number of fused-ring (bicyclic) bond motifs is 2. The van der Waals surface area contributed by atoms with Crippen LogP contribution in [0.15, 0.2) is 46.9 Å². The normalized spacial score (nSPS) is 11.3. The molecule has 0 fully saturated rings. The van der Waals surface area contributed by atoms with Gasteiger partial charge in [0.1, 0.15) is 0 Å². The molecule has 2 heterocycles. The molecule has 1 N–H and O–H groups in total. The van der Waals surface area contributed by atoms with Gasteiger partial charge in [0, 0.05) is 0 Å². The van der Waals surface area contributed by atoms with Crippen LogP contribution < -0.4 is 0 Å². The molecule has 2 aromatic rings. The van der Waals surface area contributed by atoms with Crippen LogP contribution in [0.5, 0.6) is 0 Å². The minimum Gasteiger partial charge on any atom is -0.434 e. The minimum atomic E-state index is 0.291. The predicted octanol–water partition coefficient (Wildman–Crippen LogP) is 4.36. The largest absolute Gasteiger partial charge is 0.434 e. The molecule has 21 heavy (non-hydrogen) atoms. The van der Waals surface area contributed by atoms with E-state index in [9.17, 15) is 0 Å². The first-order valence-corrected chi connectivity index (χ1v) is 6.98. The highest BCUT2D eigenvalue weighted by Crippen LogP contribution is 2.28. The Bertz CT molecular complexity index is 986. The monoisotopic (exact) mass is 293 g/mol. The maximum Gasteiger partial charge on any atom is 0.266 e. The third-order valence-corrected chi connectivity index (χ3v) is 3.69. The molecule has 0 saturated heterocycles. The summed E-state index contributed by atoms with van der Waals surface area (Å²) in [4.78, 5) is 11.4. The van der Waals surface area contributed by atoms with E-state index in [4.69, 9.17) is 16.6 Å². The van der Waals surface area contributed by atoms with E-state index in [-0.39, 0.29) is 0 Å². The van der Waals surface area contributed by atoms with Gasteiger partial charge in [0.05, 0.1) is 5.52 Å². The maximum atomic E-state index is 5.80. The van der Waals surface area contributed by atoms with Crippen molar-refractivity contribution >= 4 is 23.3 Å². The van der Waals surface area contributed by atoms with Crippen molar-refractivity contribution in [3.63, 3.8) is 0 Å². The first-order valence-electron chi connectivity index (χ1n) is 6.57. The number of aromatic amines is 1. The first kappa shape index (κ1) is 12.2. The number of nitrogens with zero attached hydrogens (tertiary/aromatic N) is 2. The lowest BCUT2D eigenvalue weighted by Crippen LogP contribution is -1.88. The molecule has 2 aliphatic rings. The highest BCUT2D eigenvalue weighted by Gasteiger charge is 2.13. The van der Waals surface area contributed by atoms with E-state index in [1.807, 2.05) is 24.3 Å². The molecule has 5 heteroatoms. The molecule has 0 saturated carbocycles. The molecule has 0 unspecified atom stereocenters. The number of aromatic nitrogens is 3. The van der Waals surface area contributed by atoms with Gasteiger partial charge in [0.25, 0.3) is 5.89 Å². The number of benzene rings is 2. The molecular weight excluding hydrogens is 282 g/mol. The number of hydrogen-bond acceptors (Lipinski definition) is 4. The van der Waals surface area contributed by atoms with Crippen LogP contribution in [0.25, 0.3) is 33.9 Å². The van der Waals surface area contributed by atoms with Gasteiger partial charge in [-0.15, -0.1) is 0 Å². The van der Waals surface area contributed by atoms with Crippen molar-refractivity contribution in [1.29, 1.82) is 0 Å². The molecule has 0 spiro atoms. The highest BCUT2D eigenvalue weighted by atomic mass is 32.1. The van der Waals surface area contributed by atoms with Crippen LogP contribution in [-0.4, -0.2) is 15.0 Å². The van der Waals surface area contributed by atoms with Crippen LogP contribution in [0.2, 0.25) is 0 Å². The lowest BCUT2D eigenvalue weighted by atomic mass is 10.0. The Morgan fingerprint density at radius 3 is 2.81 bits per heavy atom. The maximum absolute atomic E-state index is 5.80. The number of hydrogen-bond donors (Lipinski definition) is 1. The Labute approximate surface area is 125 Å². The van der Waals surface area contributed by atoms with Crippen molar-refractivity contribution in [3.05, 3.63) is 52.8 Å². The summed E-state index contributed by atoms with van der Waals surface area (Å²) < 4.78 is 6.09. The highest BCUT2D eigenvalue weighted by molar-refractivity contribution is 7.71. The van der Waals surface area contributed by atoms with Crippen LogP contribution in [0.3, 0.4) is 0 Å². The fourth-order valence-electron chi connectivity index (χ4n) is 2.47. The van der Waals surface area contributed by atoms with Gasteiger partial charge < -0.3 is 9.40 Å². The number of imidazole rings is 1. The molecule has 2 aromatic carbocycles. The van der Waals surface area contributed by atoms with Gasteiger partial charge in [-0.2, -0.15) is 9.97 Å². The molecule has 4 nitrogen and oxygen atoms in total. The lowest BCUT2D eigenvalue weighted by molar-refractivity contribution is 0.596. The molecular formula is C16H11N3OS. The standard InChI is InChI=1S/C16H11N3OS/c1-9-4-2-3-5-11(9)10-6-7-12-13(8-10)20-15-14(17-12)18-16(21)19-15/h2-8H,1H3,(H,17,18,21). The van der Waals surface area contributed by atoms with Crippen LogP contribution in [0, 0.1) is 11.7 Å². The van der Waals surface area contributed by atoms with Gasteiger partial charge >= 0.3 is 0 Å². The topological polar surface area (TPSA) is 54.7 Å². The van der Waals surface area contributed by atoms with E-state index < -0.39 is 0 Å². The molecule has 102 valence electrons. The second kappa shape index (κ2) is 4.49. The summed E-state index contributed by atoms with van der Waals surface area (Å²) in [6.45, 7) is 2.10.